The van der Waals surface area contributed by atoms with E-state index in [0.29, 0.717) is 11.3 Å². The van der Waals surface area contributed by atoms with Crippen LogP contribution in [0.25, 0.3) is 0 Å². The highest BCUT2D eigenvalue weighted by Crippen LogP contribution is 2.44. The van der Waals surface area contributed by atoms with Gasteiger partial charge in [0.15, 0.2) is 0 Å². The Bertz CT molecular complexity index is 169. The molecular weight excluding hydrogens is 154 g/mol. The van der Waals surface area contributed by atoms with Gasteiger partial charge in [-0.25, -0.2) is 4.79 Å². The van der Waals surface area contributed by atoms with E-state index < -0.39 is 0 Å². The van der Waals surface area contributed by atoms with Gasteiger partial charge in [-0.2, -0.15) is 0 Å². The van der Waals surface area contributed by atoms with Crippen molar-refractivity contribution in [2.45, 2.75) is 26.7 Å². The average Bonchev–Trinajstić information content (AvgIpc) is 1.96. The number of amides is 1. The fraction of sp³-hybridized carbons (Fsp3) is 0.889. The van der Waals surface area contributed by atoms with Crippen LogP contribution in [0, 0.1) is 11.3 Å². The van der Waals surface area contributed by atoms with E-state index in [1.165, 1.54) is 20.0 Å². The minimum absolute atomic E-state index is 0.320. The Kier molecular flexibility index (Phi) is 2.60. The van der Waals surface area contributed by atoms with E-state index in [1.807, 2.05) is 0 Å². The molecule has 12 heavy (non-hydrogen) atoms. The summed E-state index contributed by atoms with van der Waals surface area (Å²) in [4.78, 5) is 10.7. The molecule has 1 N–H and O–H groups in total. The van der Waals surface area contributed by atoms with Gasteiger partial charge >= 0.3 is 6.09 Å². The Morgan fingerprint density at radius 3 is 2.58 bits per heavy atom. The van der Waals surface area contributed by atoms with Crippen molar-refractivity contribution in [1.82, 2.24) is 5.32 Å². The first-order chi connectivity index (χ1) is 5.53. The lowest BCUT2D eigenvalue weighted by Gasteiger charge is -2.42. The number of methoxy groups -OCH3 is 1. The Balaban J connectivity index is 2.08. The third kappa shape index (κ3) is 2.40. The highest BCUT2D eigenvalue weighted by molar-refractivity contribution is 5.66. The van der Waals surface area contributed by atoms with E-state index in [4.69, 9.17) is 0 Å². The monoisotopic (exact) mass is 171 g/mol. The Morgan fingerprint density at radius 1 is 1.58 bits per heavy atom. The average molecular weight is 171 g/mol. The van der Waals surface area contributed by atoms with Crippen LogP contribution in [0.2, 0.25) is 0 Å². The second-order valence-electron chi connectivity index (χ2n) is 4.31. The first-order valence-corrected chi connectivity index (χ1v) is 4.35. The SMILES string of the molecule is COC(=O)NCC1CC(C)(C)C1. The van der Waals surface area contributed by atoms with Crippen LogP contribution in [0.15, 0.2) is 0 Å². The molecular formula is C9H17NO2. The summed E-state index contributed by atoms with van der Waals surface area (Å²) in [7, 11) is 1.39. The summed E-state index contributed by atoms with van der Waals surface area (Å²) in [5.41, 5.74) is 0.489. The number of alkyl carbamates (subject to hydrolysis) is 1. The summed E-state index contributed by atoms with van der Waals surface area (Å²) >= 11 is 0. The molecule has 0 heterocycles. The van der Waals surface area contributed by atoms with Gasteiger partial charge in [0.1, 0.15) is 0 Å². The van der Waals surface area contributed by atoms with E-state index in [0.717, 1.165) is 6.54 Å². The molecule has 0 bridgehead atoms. The van der Waals surface area contributed by atoms with Crippen LogP contribution in [-0.2, 0) is 4.74 Å². The van der Waals surface area contributed by atoms with Crippen molar-refractivity contribution in [1.29, 1.82) is 0 Å². The van der Waals surface area contributed by atoms with Gasteiger partial charge in [-0.05, 0) is 24.2 Å². The van der Waals surface area contributed by atoms with E-state index in [1.54, 1.807) is 0 Å². The Labute approximate surface area is 73.5 Å². The fourth-order valence-electron chi connectivity index (χ4n) is 1.95. The third-order valence-electron chi connectivity index (χ3n) is 2.40. The van der Waals surface area contributed by atoms with Crippen molar-refractivity contribution in [2.24, 2.45) is 11.3 Å². The zero-order valence-corrected chi connectivity index (χ0v) is 8.02. The minimum atomic E-state index is -0.320. The standard InChI is InChI=1S/C9H17NO2/c1-9(2)4-7(5-9)6-10-8(11)12-3/h7H,4-6H2,1-3H3,(H,10,11). The predicted octanol–water partition coefficient (Wildman–Crippen LogP) is 1.78. The summed E-state index contributed by atoms with van der Waals surface area (Å²) in [6.07, 6.45) is 2.09. The van der Waals surface area contributed by atoms with Crippen LogP contribution in [0.5, 0.6) is 0 Å². The first kappa shape index (κ1) is 9.36. The predicted molar refractivity (Wildman–Crippen MR) is 46.9 cm³/mol. The molecule has 3 heteroatoms. The number of hydrogen-bond acceptors (Lipinski definition) is 2. The summed E-state index contributed by atoms with van der Waals surface area (Å²) in [5, 5.41) is 2.71. The molecule has 0 atom stereocenters. The maximum absolute atomic E-state index is 10.7. The molecule has 0 aromatic heterocycles. The van der Waals surface area contributed by atoms with E-state index in [-0.39, 0.29) is 6.09 Å². The first-order valence-electron chi connectivity index (χ1n) is 4.35. The molecule has 1 aliphatic carbocycles. The van der Waals surface area contributed by atoms with Gasteiger partial charge in [-0.1, -0.05) is 13.8 Å². The number of rotatable bonds is 2. The number of carbonyl (C=O) groups excluding carboxylic acids is 1. The van der Waals surface area contributed by atoms with Crippen LogP contribution in [0.3, 0.4) is 0 Å². The van der Waals surface area contributed by atoms with Gasteiger partial charge in [0.2, 0.25) is 0 Å². The summed E-state index contributed by atoms with van der Waals surface area (Å²) in [6, 6.07) is 0. The van der Waals surface area contributed by atoms with E-state index in [9.17, 15) is 4.79 Å². The molecule has 0 aromatic rings. The van der Waals surface area contributed by atoms with Crippen LogP contribution in [-0.4, -0.2) is 19.7 Å². The smallest absolute Gasteiger partial charge is 0.406 e. The molecule has 3 nitrogen and oxygen atoms in total. The summed E-state index contributed by atoms with van der Waals surface area (Å²) in [6.45, 7) is 5.26. The van der Waals surface area contributed by atoms with Gasteiger partial charge in [0.05, 0.1) is 7.11 Å². The molecule has 70 valence electrons. The molecule has 0 aromatic carbocycles. The van der Waals surface area contributed by atoms with Crippen LogP contribution < -0.4 is 5.32 Å². The van der Waals surface area contributed by atoms with Crippen molar-refractivity contribution in [3.05, 3.63) is 0 Å². The van der Waals surface area contributed by atoms with Gasteiger partial charge in [-0.15, -0.1) is 0 Å². The van der Waals surface area contributed by atoms with Crippen molar-refractivity contribution in [2.75, 3.05) is 13.7 Å². The second-order valence-corrected chi connectivity index (χ2v) is 4.31. The van der Waals surface area contributed by atoms with Gasteiger partial charge in [-0.3, -0.25) is 0 Å². The van der Waals surface area contributed by atoms with Crippen LogP contribution in [0.1, 0.15) is 26.7 Å². The lowest BCUT2D eigenvalue weighted by molar-refractivity contribution is 0.0926. The topological polar surface area (TPSA) is 38.3 Å². The molecule has 0 unspecified atom stereocenters. The lowest BCUT2D eigenvalue weighted by atomic mass is 9.64. The number of nitrogens with one attached hydrogen (secondary N) is 1. The number of carbonyl (C=O) groups is 1. The highest BCUT2D eigenvalue weighted by Gasteiger charge is 2.35. The zero-order chi connectivity index (χ0) is 9.19. The number of hydrogen-bond donors (Lipinski definition) is 1. The largest absolute Gasteiger partial charge is 0.453 e. The second kappa shape index (κ2) is 3.33. The van der Waals surface area contributed by atoms with Crippen molar-refractivity contribution in [3.63, 3.8) is 0 Å². The quantitative estimate of drug-likeness (QED) is 0.687. The molecule has 1 fully saturated rings. The third-order valence-corrected chi connectivity index (χ3v) is 2.40. The molecule has 0 aliphatic heterocycles. The van der Waals surface area contributed by atoms with Crippen molar-refractivity contribution >= 4 is 6.09 Å². The molecule has 0 spiro atoms. The fourth-order valence-corrected chi connectivity index (χ4v) is 1.95. The maximum Gasteiger partial charge on any atom is 0.406 e. The highest BCUT2D eigenvalue weighted by atomic mass is 16.5. The van der Waals surface area contributed by atoms with Crippen molar-refractivity contribution in [3.8, 4) is 0 Å². The Hall–Kier alpha value is -0.730. The molecule has 1 amide bonds. The summed E-state index contributed by atoms with van der Waals surface area (Å²) < 4.78 is 4.47. The molecule has 1 aliphatic rings. The van der Waals surface area contributed by atoms with Crippen LogP contribution in [0.4, 0.5) is 4.79 Å². The van der Waals surface area contributed by atoms with E-state index in [2.05, 4.69) is 23.9 Å². The van der Waals surface area contributed by atoms with Gasteiger partial charge < -0.3 is 10.1 Å². The molecule has 0 saturated heterocycles. The lowest BCUT2D eigenvalue weighted by Crippen LogP contribution is -2.39. The maximum atomic E-state index is 10.7. The van der Waals surface area contributed by atoms with Crippen LogP contribution >= 0.6 is 0 Å². The normalized spacial score (nSPS) is 21.2. The van der Waals surface area contributed by atoms with Crippen molar-refractivity contribution < 1.29 is 9.53 Å². The minimum Gasteiger partial charge on any atom is -0.453 e. The van der Waals surface area contributed by atoms with E-state index >= 15 is 0 Å². The zero-order valence-electron chi connectivity index (χ0n) is 8.02. The number of ether oxygens (including phenoxy) is 1. The van der Waals surface area contributed by atoms with Gasteiger partial charge in [0, 0.05) is 6.54 Å². The Morgan fingerprint density at radius 2 is 2.17 bits per heavy atom. The molecule has 1 rings (SSSR count). The summed E-state index contributed by atoms with van der Waals surface area (Å²) in [5.74, 6) is 0.652. The molecule has 1 saturated carbocycles. The molecule has 0 radical (unpaired) electrons. The van der Waals surface area contributed by atoms with Gasteiger partial charge in [0.25, 0.3) is 0 Å².